The second-order valence-corrected chi connectivity index (χ2v) is 8.91. The number of hydrogen-bond acceptors (Lipinski definition) is 4. The number of hydrogen-bond donors (Lipinski definition) is 2. The topological polar surface area (TPSA) is 66.9 Å². The van der Waals surface area contributed by atoms with Crippen molar-refractivity contribution in [2.45, 2.75) is 52.5 Å². The predicted molar refractivity (Wildman–Crippen MR) is 91.2 cm³/mol. The van der Waals surface area contributed by atoms with E-state index in [9.17, 15) is 4.79 Å². The highest BCUT2D eigenvalue weighted by Gasteiger charge is 2.69. The molecule has 2 unspecified atom stereocenters. The smallest absolute Gasteiger partial charge is 0.231 e. The molecule has 0 saturated heterocycles. The van der Waals surface area contributed by atoms with Crippen molar-refractivity contribution in [1.29, 1.82) is 0 Å². The average molecular weight is 326 g/mol. The molecule has 2 N–H and O–H groups in total. The lowest BCUT2D eigenvalue weighted by molar-refractivity contribution is -0.132. The van der Waals surface area contributed by atoms with Crippen LogP contribution in [0.3, 0.4) is 0 Å². The van der Waals surface area contributed by atoms with Gasteiger partial charge in [-0.05, 0) is 61.8 Å². The third-order valence-corrected chi connectivity index (χ3v) is 7.80. The lowest BCUT2D eigenvalue weighted by atomic mass is 9.61. The number of nitrogens with one attached hydrogen (secondary N) is 2. The molecule has 1 amide bonds. The number of nitrogens with zero attached hydrogens (tertiary/aromatic N) is 2. The van der Waals surface area contributed by atoms with Gasteiger partial charge in [0.05, 0.1) is 5.69 Å². The van der Waals surface area contributed by atoms with E-state index in [4.69, 9.17) is 0 Å². The minimum atomic E-state index is -0.331. The summed E-state index contributed by atoms with van der Waals surface area (Å²) in [6.45, 7) is 6.02. The van der Waals surface area contributed by atoms with Gasteiger partial charge in [0, 0.05) is 17.5 Å². The summed E-state index contributed by atoms with van der Waals surface area (Å²) in [6, 6.07) is 0. The number of carbonyl (C=O) groups is 1. The summed E-state index contributed by atoms with van der Waals surface area (Å²) in [5.74, 6) is 3.42. The molecule has 24 heavy (non-hydrogen) atoms. The zero-order valence-corrected chi connectivity index (χ0v) is 14.6. The van der Waals surface area contributed by atoms with E-state index in [-0.39, 0.29) is 16.7 Å². The fourth-order valence-electron chi connectivity index (χ4n) is 6.42. The number of rotatable bonds is 3. The maximum Gasteiger partial charge on any atom is 0.231 e. The predicted octanol–water partition coefficient (Wildman–Crippen LogP) is 2.52. The second-order valence-electron chi connectivity index (χ2n) is 8.91. The van der Waals surface area contributed by atoms with Crippen LogP contribution in [-0.4, -0.2) is 22.4 Å². The van der Waals surface area contributed by atoms with Gasteiger partial charge in [0.15, 0.2) is 0 Å². The largest absolute Gasteiger partial charge is 0.311 e. The highest BCUT2D eigenvalue weighted by molar-refractivity contribution is 5.95. The van der Waals surface area contributed by atoms with E-state index in [0.717, 1.165) is 54.3 Å². The van der Waals surface area contributed by atoms with Crippen molar-refractivity contribution in [3.05, 3.63) is 17.6 Å². The van der Waals surface area contributed by atoms with E-state index in [1.165, 1.54) is 25.7 Å². The molecular formula is C19H26N4O. The van der Waals surface area contributed by atoms with E-state index in [2.05, 4.69) is 34.4 Å². The molecule has 1 aromatic rings. The summed E-state index contributed by atoms with van der Waals surface area (Å²) < 4.78 is 0. The van der Waals surface area contributed by atoms with Gasteiger partial charge in [0.1, 0.15) is 12.1 Å². The van der Waals surface area contributed by atoms with Crippen molar-refractivity contribution < 1.29 is 4.79 Å². The summed E-state index contributed by atoms with van der Waals surface area (Å²) in [7, 11) is 0. The first-order chi connectivity index (χ1) is 11.5. The maximum absolute atomic E-state index is 13.3. The van der Waals surface area contributed by atoms with E-state index < -0.39 is 0 Å². The summed E-state index contributed by atoms with van der Waals surface area (Å²) in [6.07, 6.45) is 7.68. The highest BCUT2D eigenvalue weighted by Crippen LogP contribution is 2.75. The molecular weight excluding hydrogens is 300 g/mol. The van der Waals surface area contributed by atoms with E-state index >= 15 is 0 Å². The molecule has 128 valence electrons. The molecule has 0 aromatic carbocycles. The van der Waals surface area contributed by atoms with Crippen LogP contribution in [0.2, 0.25) is 0 Å². The molecule has 0 spiro atoms. The molecule has 4 bridgehead atoms. The van der Waals surface area contributed by atoms with Gasteiger partial charge in [-0.1, -0.05) is 13.8 Å². The van der Waals surface area contributed by atoms with Crippen LogP contribution in [-0.2, 0) is 17.8 Å². The van der Waals surface area contributed by atoms with Crippen LogP contribution in [0, 0.1) is 28.6 Å². The zero-order valence-electron chi connectivity index (χ0n) is 14.6. The maximum atomic E-state index is 13.3. The Morgan fingerprint density at radius 3 is 2.71 bits per heavy atom. The van der Waals surface area contributed by atoms with E-state index in [0.29, 0.717) is 0 Å². The molecule has 0 radical (unpaired) electrons. The Bertz CT molecular complexity index is 699. The zero-order chi connectivity index (χ0) is 16.5. The molecule has 4 fully saturated rings. The number of anilines is 1. The quantitative estimate of drug-likeness (QED) is 0.896. The van der Waals surface area contributed by atoms with Crippen molar-refractivity contribution in [2.24, 2.45) is 28.6 Å². The second kappa shape index (κ2) is 4.78. The van der Waals surface area contributed by atoms with Crippen molar-refractivity contribution in [1.82, 2.24) is 15.3 Å². The van der Waals surface area contributed by atoms with Gasteiger partial charge < -0.3 is 10.6 Å². The van der Waals surface area contributed by atoms with Crippen molar-refractivity contribution in [3.8, 4) is 0 Å². The fourth-order valence-corrected chi connectivity index (χ4v) is 6.42. The summed E-state index contributed by atoms with van der Waals surface area (Å²) in [5, 5.41) is 6.51. The van der Waals surface area contributed by atoms with Gasteiger partial charge >= 0.3 is 0 Å². The van der Waals surface area contributed by atoms with Crippen molar-refractivity contribution in [2.75, 3.05) is 11.9 Å². The lowest BCUT2D eigenvalue weighted by Gasteiger charge is -2.43. The van der Waals surface area contributed by atoms with Gasteiger partial charge in [0.2, 0.25) is 5.91 Å². The third-order valence-electron chi connectivity index (χ3n) is 7.80. The van der Waals surface area contributed by atoms with Gasteiger partial charge in [-0.2, -0.15) is 0 Å². The lowest BCUT2D eigenvalue weighted by Crippen LogP contribution is -2.46. The first-order valence-corrected chi connectivity index (χ1v) is 9.36. The van der Waals surface area contributed by atoms with Gasteiger partial charge in [0.25, 0.3) is 0 Å². The molecule has 5 heteroatoms. The summed E-state index contributed by atoms with van der Waals surface area (Å²) >= 11 is 0. The van der Waals surface area contributed by atoms with Crippen LogP contribution in [0.1, 0.15) is 50.8 Å². The van der Waals surface area contributed by atoms with Crippen LogP contribution in [0.5, 0.6) is 0 Å². The van der Waals surface area contributed by atoms with E-state index in [1.807, 2.05) is 0 Å². The van der Waals surface area contributed by atoms with Crippen LogP contribution >= 0.6 is 0 Å². The normalized spacial score (nSPS) is 36.2. The fraction of sp³-hybridized carbons (Fsp3) is 0.737. The Balaban J connectivity index is 1.43. The molecule has 5 aliphatic rings. The molecule has 1 aromatic heterocycles. The van der Waals surface area contributed by atoms with Crippen LogP contribution in [0.15, 0.2) is 6.33 Å². The molecule has 5 nitrogen and oxygen atoms in total. The highest BCUT2D eigenvalue weighted by atomic mass is 16.2. The summed E-state index contributed by atoms with van der Waals surface area (Å²) in [4.78, 5) is 22.0. The Hall–Kier alpha value is -1.49. The van der Waals surface area contributed by atoms with Crippen LogP contribution in [0.25, 0.3) is 0 Å². The van der Waals surface area contributed by atoms with Gasteiger partial charge in [-0.25, -0.2) is 9.97 Å². The Kier molecular flexibility index (Phi) is 2.95. The van der Waals surface area contributed by atoms with Crippen LogP contribution in [0.4, 0.5) is 5.82 Å². The standard InChI is InChI=1S/C19H26N4O/c1-18(2,19-7-11-5-13(19)6-12(11)8-19)17(24)23-16-14-3-4-20-9-15(14)21-10-22-16/h10-13,20H,3-9H2,1-2H3,(H,21,22,23,24). The number of amides is 1. The minimum Gasteiger partial charge on any atom is -0.311 e. The van der Waals surface area contributed by atoms with Gasteiger partial charge in [-0.3, -0.25) is 4.79 Å². The molecule has 2 atom stereocenters. The number of fused-ring (bicyclic) bond motifs is 1. The Morgan fingerprint density at radius 1 is 1.29 bits per heavy atom. The van der Waals surface area contributed by atoms with Gasteiger partial charge in [-0.15, -0.1) is 0 Å². The molecule has 2 heterocycles. The monoisotopic (exact) mass is 326 g/mol. The first kappa shape index (κ1) is 14.8. The summed E-state index contributed by atoms with van der Waals surface area (Å²) in [5.41, 5.74) is 2.02. The Labute approximate surface area is 143 Å². The first-order valence-electron chi connectivity index (χ1n) is 9.36. The van der Waals surface area contributed by atoms with Crippen LogP contribution < -0.4 is 10.6 Å². The van der Waals surface area contributed by atoms with Crippen molar-refractivity contribution >= 4 is 11.7 Å². The molecule has 4 saturated carbocycles. The Morgan fingerprint density at radius 2 is 2.04 bits per heavy atom. The van der Waals surface area contributed by atoms with E-state index in [1.54, 1.807) is 6.33 Å². The minimum absolute atomic E-state index is 0.148. The average Bonchev–Trinajstić information content (AvgIpc) is 3.30. The number of carbonyl (C=O) groups excluding carboxylic acids is 1. The third kappa shape index (κ3) is 1.76. The SMILES string of the molecule is CC(C)(C(=O)Nc1ncnc2c1CCNC2)C12CC3CC1CC3C2. The molecule has 6 rings (SSSR count). The van der Waals surface area contributed by atoms with Crippen molar-refractivity contribution in [3.63, 3.8) is 0 Å². The molecule has 4 aliphatic carbocycles. The molecule has 1 aliphatic heterocycles. The number of aromatic nitrogens is 2.